The summed E-state index contributed by atoms with van der Waals surface area (Å²) in [5.74, 6) is 0.711. The van der Waals surface area contributed by atoms with E-state index in [4.69, 9.17) is 22.1 Å². The summed E-state index contributed by atoms with van der Waals surface area (Å²) >= 11 is 6.84. The van der Waals surface area contributed by atoms with E-state index in [2.05, 4.69) is 13.5 Å². The summed E-state index contributed by atoms with van der Waals surface area (Å²) in [5.41, 5.74) is 3.50. The number of thioether (sulfide) groups is 1. The maximum atomic E-state index is 13.1. The summed E-state index contributed by atoms with van der Waals surface area (Å²) in [6.07, 6.45) is 6.40. The first-order valence-electron chi connectivity index (χ1n) is 10.8. The Hall–Kier alpha value is -3.16. The summed E-state index contributed by atoms with van der Waals surface area (Å²) in [7, 11) is 0. The second-order valence-electron chi connectivity index (χ2n) is 7.65. The van der Waals surface area contributed by atoms with Gasteiger partial charge in [-0.3, -0.25) is 9.69 Å². The Morgan fingerprint density at radius 2 is 1.91 bits per heavy atom. The second kappa shape index (κ2) is 10.2. The molecule has 2 heterocycles. The number of thiocarbonyl (C=S) groups is 1. The van der Waals surface area contributed by atoms with Crippen LogP contribution in [-0.4, -0.2) is 37.6 Å². The molecule has 1 aliphatic rings. The number of hydrogen-bond donors (Lipinski definition) is 0. The summed E-state index contributed by atoms with van der Waals surface area (Å²) in [4.78, 5) is 15.4. The third-order valence-corrected chi connectivity index (χ3v) is 6.73. The number of hydrogen-bond acceptors (Lipinski definition) is 5. The molecule has 2 aromatic carbocycles. The Bertz CT molecular complexity index is 1200. The molecule has 4 rings (SSSR count). The average Bonchev–Trinajstić information content (AvgIpc) is 3.38. The number of carbonyl (C=O) groups excluding carboxylic acids is 1. The molecule has 5 nitrogen and oxygen atoms in total. The molecule has 168 valence electrons. The van der Waals surface area contributed by atoms with E-state index < -0.39 is 0 Å². The number of para-hydroxylation sites is 1. The third-order valence-electron chi connectivity index (χ3n) is 5.40. The summed E-state index contributed by atoms with van der Waals surface area (Å²) in [6, 6.07) is 17.7. The van der Waals surface area contributed by atoms with Crippen LogP contribution in [-0.2, 0) is 4.79 Å². The van der Waals surface area contributed by atoms with E-state index in [1.807, 2.05) is 78.5 Å². The molecule has 1 aromatic heterocycles. The van der Waals surface area contributed by atoms with Crippen molar-refractivity contribution in [2.24, 2.45) is 0 Å². The number of amides is 1. The molecule has 1 aliphatic heterocycles. The Morgan fingerprint density at radius 3 is 2.58 bits per heavy atom. The summed E-state index contributed by atoms with van der Waals surface area (Å²) < 4.78 is 8.04. The predicted molar refractivity (Wildman–Crippen MR) is 139 cm³/mol. The fraction of sp³-hybridized carbons (Fsp3) is 0.192. The molecule has 33 heavy (non-hydrogen) atoms. The number of ether oxygens (including phenoxy) is 1. The van der Waals surface area contributed by atoms with Crippen LogP contribution in [0.2, 0.25) is 0 Å². The standard InChI is InChI=1S/C26H25N3O2S2/c1-4-15-31-22-13-11-19(12-14-22)24-20(17-28(27-24)21-9-7-6-8-10-21)16-23-25(30)29(18(3)5-2)26(32)33-23/h4,6-14,16-18H,1,5,15H2,2-3H3/b23-16+. The Kier molecular flexibility index (Phi) is 7.11. The highest BCUT2D eigenvalue weighted by molar-refractivity contribution is 8.26. The first-order chi connectivity index (χ1) is 16.0. The van der Waals surface area contributed by atoms with Gasteiger partial charge in [0.1, 0.15) is 16.7 Å². The molecular formula is C26H25N3O2S2. The first-order valence-corrected chi connectivity index (χ1v) is 12.0. The minimum atomic E-state index is -0.0501. The van der Waals surface area contributed by atoms with Crippen LogP contribution in [0.3, 0.4) is 0 Å². The quantitative estimate of drug-likeness (QED) is 0.224. The van der Waals surface area contributed by atoms with Crippen molar-refractivity contribution in [3.05, 3.63) is 83.9 Å². The van der Waals surface area contributed by atoms with E-state index >= 15 is 0 Å². The van der Waals surface area contributed by atoms with Crippen LogP contribution in [0.25, 0.3) is 23.0 Å². The Balaban J connectivity index is 1.75. The van der Waals surface area contributed by atoms with Crippen LogP contribution >= 0.6 is 24.0 Å². The van der Waals surface area contributed by atoms with Gasteiger partial charge in [-0.05, 0) is 55.8 Å². The SMILES string of the molecule is C=CCOc1ccc(-c2nn(-c3ccccc3)cc2/C=C2/SC(=S)N(C(C)CC)C2=O)cc1. The van der Waals surface area contributed by atoms with Gasteiger partial charge in [-0.25, -0.2) is 4.68 Å². The van der Waals surface area contributed by atoms with Gasteiger partial charge in [-0.15, -0.1) is 0 Å². The Morgan fingerprint density at radius 1 is 1.18 bits per heavy atom. The predicted octanol–water partition coefficient (Wildman–Crippen LogP) is 6.10. The zero-order chi connectivity index (χ0) is 23.4. The minimum absolute atomic E-state index is 0.0501. The fourth-order valence-electron chi connectivity index (χ4n) is 3.48. The van der Waals surface area contributed by atoms with E-state index in [0.29, 0.717) is 15.8 Å². The highest BCUT2D eigenvalue weighted by Crippen LogP contribution is 2.36. The van der Waals surface area contributed by atoms with Gasteiger partial charge in [0.25, 0.3) is 5.91 Å². The van der Waals surface area contributed by atoms with Crippen LogP contribution in [0, 0.1) is 0 Å². The van der Waals surface area contributed by atoms with Crippen LogP contribution in [0.1, 0.15) is 25.8 Å². The molecule has 1 saturated heterocycles. The maximum absolute atomic E-state index is 13.1. The molecule has 1 fully saturated rings. The third kappa shape index (κ3) is 4.94. The minimum Gasteiger partial charge on any atom is -0.490 e. The fourth-order valence-corrected chi connectivity index (χ4v) is 4.93. The van der Waals surface area contributed by atoms with Crippen molar-refractivity contribution in [1.82, 2.24) is 14.7 Å². The van der Waals surface area contributed by atoms with Crippen LogP contribution in [0.4, 0.5) is 0 Å². The van der Waals surface area contributed by atoms with Crippen molar-refractivity contribution in [1.29, 1.82) is 0 Å². The van der Waals surface area contributed by atoms with Crippen molar-refractivity contribution < 1.29 is 9.53 Å². The zero-order valence-electron chi connectivity index (χ0n) is 18.6. The van der Waals surface area contributed by atoms with E-state index in [9.17, 15) is 4.79 Å². The van der Waals surface area contributed by atoms with Gasteiger partial charge < -0.3 is 4.74 Å². The van der Waals surface area contributed by atoms with Gasteiger partial charge in [0, 0.05) is 23.4 Å². The van der Waals surface area contributed by atoms with Gasteiger partial charge >= 0.3 is 0 Å². The van der Waals surface area contributed by atoms with Gasteiger partial charge in [0.05, 0.1) is 16.3 Å². The molecule has 0 N–H and O–H groups in total. The second-order valence-corrected chi connectivity index (χ2v) is 9.32. The van der Waals surface area contributed by atoms with E-state index in [1.54, 1.807) is 11.0 Å². The molecule has 0 aliphatic carbocycles. The Labute approximate surface area is 203 Å². The van der Waals surface area contributed by atoms with Crippen LogP contribution < -0.4 is 4.74 Å². The molecule has 0 saturated carbocycles. The topological polar surface area (TPSA) is 47.4 Å². The van der Waals surface area contributed by atoms with Gasteiger partial charge in [0.2, 0.25) is 0 Å². The number of nitrogens with zero attached hydrogens (tertiary/aromatic N) is 3. The highest BCUT2D eigenvalue weighted by atomic mass is 32.2. The number of rotatable bonds is 8. The number of aromatic nitrogens is 2. The van der Waals surface area contributed by atoms with E-state index in [-0.39, 0.29) is 11.9 Å². The number of carbonyl (C=O) groups is 1. The lowest BCUT2D eigenvalue weighted by Crippen LogP contribution is -2.36. The molecular weight excluding hydrogens is 450 g/mol. The van der Waals surface area contributed by atoms with E-state index in [1.165, 1.54) is 11.8 Å². The van der Waals surface area contributed by atoms with Crippen molar-refractivity contribution in [3.8, 4) is 22.7 Å². The van der Waals surface area contributed by atoms with Gasteiger partial charge in [-0.1, -0.05) is 61.8 Å². The van der Waals surface area contributed by atoms with Crippen LogP contribution in [0.15, 0.2) is 78.4 Å². The monoisotopic (exact) mass is 475 g/mol. The largest absolute Gasteiger partial charge is 0.490 e. The molecule has 1 unspecified atom stereocenters. The lowest BCUT2D eigenvalue weighted by molar-refractivity contribution is -0.123. The van der Waals surface area contributed by atoms with Crippen molar-refractivity contribution in [2.45, 2.75) is 26.3 Å². The highest BCUT2D eigenvalue weighted by Gasteiger charge is 2.35. The molecule has 0 radical (unpaired) electrons. The smallest absolute Gasteiger partial charge is 0.266 e. The maximum Gasteiger partial charge on any atom is 0.266 e. The van der Waals surface area contributed by atoms with Crippen LogP contribution in [0.5, 0.6) is 5.75 Å². The first kappa shape index (κ1) is 23.0. The zero-order valence-corrected chi connectivity index (χ0v) is 20.2. The molecule has 1 amide bonds. The van der Waals surface area contributed by atoms with Gasteiger partial charge in [-0.2, -0.15) is 5.10 Å². The van der Waals surface area contributed by atoms with Crippen molar-refractivity contribution in [3.63, 3.8) is 0 Å². The summed E-state index contributed by atoms with van der Waals surface area (Å²) in [6.45, 7) is 8.20. The van der Waals surface area contributed by atoms with Crippen molar-refractivity contribution in [2.75, 3.05) is 6.61 Å². The van der Waals surface area contributed by atoms with Gasteiger partial charge in [0.15, 0.2) is 0 Å². The lowest BCUT2D eigenvalue weighted by Gasteiger charge is -2.21. The lowest BCUT2D eigenvalue weighted by atomic mass is 10.1. The summed E-state index contributed by atoms with van der Waals surface area (Å²) in [5, 5.41) is 4.85. The normalized spacial score (nSPS) is 15.8. The molecule has 7 heteroatoms. The molecule has 0 bridgehead atoms. The molecule has 3 aromatic rings. The average molecular weight is 476 g/mol. The number of benzene rings is 2. The van der Waals surface area contributed by atoms with E-state index in [0.717, 1.165) is 34.7 Å². The van der Waals surface area contributed by atoms with Crippen molar-refractivity contribution >= 4 is 40.3 Å². The molecule has 0 spiro atoms. The molecule has 1 atom stereocenters.